The highest BCUT2D eigenvalue weighted by Gasteiger charge is 2.41. The Morgan fingerprint density at radius 2 is 2.21 bits per heavy atom. The number of hydrogen-bond acceptors (Lipinski definition) is 3. The van der Waals surface area contributed by atoms with E-state index >= 15 is 0 Å². The molecule has 0 bridgehead atoms. The summed E-state index contributed by atoms with van der Waals surface area (Å²) < 4.78 is 0.564. The van der Waals surface area contributed by atoms with Crippen LogP contribution >= 0.6 is 11.8 Å². The molecule has 1 aliphatic heterocycles. The molecule has 1 aromatic carbocycles. The van der Waals surface area contributed by atoms with Gasteiger partial charge in [-0.3, -0.25) is 0 Å². The summed E-state index contributed by atoms with van der Waals surface area (Å²) in [6, 6.07) is 6.98. The van der Waals surface area contributed by atoms with E-state index in [0.29, 0.717) is 4.75 Å². The summed E-state index contributed by atoms with van der Waals surface area (Å²) in [7, 11) is 2.20. The smallest absolute Gasteiger partial charge is 0.0396 e. The van der Waals surface area contributed by atoms with E-state index in [2.05, 4.69) is 41.7 Å². The van der Waals surface area contributed by atoms with Crippen LogP contribution in [0.3, 0.4) is 0 Å². The Morgan fingerprint density at radius 3 is 2.95 bits per heavy atom. The third kappa shape index (κ3) is 2.92. The van der Waals surface area contributed by atoms with Gasteiger partial charge in [0.15, 0.2) is 0 Å². The normalized spacial score (nSPS) is 20.2. The summed E-state index contributed by atoms with van der Waals surface area (Å²) in [5, 5.41) is 3.64. The van der Waals surface area contributed by atoms with Crippen molar-refractivity contribution in [3.05, 3.63) is 29.3 Å². The van der Waals surface area contributed by atoms with Gasteiger partial charge in [-0.25, -0.2) is 0 Å². The number of aryl methyl sites for hydroxylation is 1. The minimum atomic E-state index is 0.564. The van der Waals surface area contributed by atoms with Gasteiger partial charge < -0.3 is 10.2 Å². The van der Waals surface area contributed by atoms with Crippen molar-refractivity contribution in [3.63, 3.8) is 0 Å². The third-order valence-electron chi connectivity index (χ3n) is 4.51. The van der Waals surface area contributed by atoms with Crippen LogP contribution in [0.15, 0.2) is 18.2 Å². The molecule has 2 aliphatic rings. The molecule has 104 valence electrons. The second-order valence-corrected chi connectivity index (χ2v) is 7.25. The molecular weight excluding hydrogens is 252 g/mol. The molecule has 3 rings (SSSR count). The fourth-order valence-corrected chi connectivity index (χ4v) is 3.73. The molecule has 2 nitrogen and oxygen atoms in total. The van der Waals surface area contributed by atoms with E-state index in [1.165, 1.54) is 49.0 Å². The Morgan fingerprint density at radius 1 is 1.37 bits per heavy atom. The van der Waals surface area contributed by atoms with Gasteiger partial charge in [-0.2, -0.15) is 11.8 Å². The molecule has 0 amide bonds. The molecule has 1 N–H and O–H groups in total. The molecule has 0 spiro atoms. The van der Waals surface area contributed by atoms with Gasteiger partial charge in [0.1, 0.15) is 0 Å². The van der Waals surface area contributed by atoms with Crippen LogP contribution in [0.4, 0.5) is 5.69 Å². The van der Waals surface area contributed by atoms with Gasteiger partial charge in [0.25, 0.3) is 0 Å². The van der Waals surface area contributed by atoms with Crippen LogP contribution in [0, 0.1) is 0 Å². The third-order valence-corrected chi connectivity index (χ3v) is 5.93. The minimum Gasteiger partial charge on any atom is -0.374 e. The van der Waals surface area contributed by atoms with E-state index in [9.17, 15) is 0 Å². The first-order valence-corrected chi connectivity index (χ1v) is 8.54. The summed E-state index contributed by atoms with van der Waals surface area (Å²) in [5.41, 5.74) is 4.39. The fraction of sp³-hybridized carbons (Fsp3) is 0.625. The number of fused-ring (bicyclic) bond motifs is 1. The van der Waals surface area contributed by atoms with E-state index in [0.717, 1.165) is 13.1 Å². The van der Waals surface area contributed by atoms with E-state index < -0.39 is 0 Å². The quantitative estimate of drug-likeness (QED) is 0.890. The number of hydrogen-bond donors (Lipinski definition) is 1. The van der Waals surface area contributed by atoms with Gasteiger partial charge in [0.05, 0.1) is 0 Å². The summed E-state index contributed by atoms with van der Waals surface area (Å²) in [5.74, 6) is 0. The van der Waals surface area contributed by atoms with Crippen LogP contribution in [0.1, 0.15) is 30.4 Å². The summed E-state index contributed by atoms with van der Waals surface area (Å²) >= 11 is 2.03. The largest absolute Gasteiger partial charge is 0.374 e. The lowest BCUT2D eigenvalue weighted by Crippen LogP contribution is -2.26. The summed E-state index contributed by atoms with van der Waals surface area (Å²) in [6.45, 7) is 3.37. The Kier molecular flexibility index (Phi) is 3.77. The maximum Gasteiger partial charge on any atom is 0.0396 e. The molecule has 0 saturated heterocycles. The molecule has 19 heavy (non-hydrogen) atoms. The molecule has 1 heterocycles. The molecule has 0 unspecified atom stereocenters. The van der Waals surface area contributed by atoms with E-state index in [4.69, 9.17) is 0 Å². The van der Waals surface area contributed by atoms with Crippen molar-refractivity contribution in [3.8, 4) is 0 Å². The maximum atomic E-state index is 3.64. The SMILES string of the molecule is CSC1(CNCc2ccc3c(c2)CCCN3C)CC1. The number of nitrogens with one attached hydrogen (secondary N) is 1. The van der Waals surface area contributed by atoms with Crippen molar-refractivity contribution in [1.29, 1.82) is 0 Å². The van der Waals surface area contributed by atoms with Gasteiger partial charge in [-0.1, -0.05) is 12.1 Å². The molecule has 0 atom stereocenters. The van der Waals surface area contributed by atoms with Crippen LogP contribution in [0.25, 0.3) is 0 Å². The maximum absolute atomic E-state index is 3.64. The topological polar surface area (TPSA) is 15.3 Å². The zero-order valence-electron chi connectivity index (χ0n) is 12.0. The number of anilines is 1. The fourth-order valence-electron chi connectivity index (χ4n) is 2.98. The van der Waals surface area contributed by atoms with E-state index in [1.807, 2.05) is 11.8 Å². The Labute approximate surface area is 121 Å². The standard InChI is InChI=1S/C16H24N2S/c1-18-9-3-4-14-10-13(5-6-15(14)18)11-17-12-16(19-2)7-8-16/h5-6,10,17H,3-4,7-9,11-12H2,1-2H3. The molecule has 0 aromatic heterocycles. The molecule has 1 fully saturated rings. The Bertz CT molecular complexity index is 454. The lowest BCUT2D eigenvalue weighted by Gasteiger charge is -2.28. The first-order valence-electron chi connectivity index (χ1n) is 7.31. The van der Waals surface area contributed by atoms with Crippen molar-refractivity contribution >= 4 is 17.4 Å². The first-order chi connectivity index (χ1) is 9.22. The van der Waals surface area contributed by atoms with Gasteiger partial charge in [-0.05, 0) is 49.1 Å². The van der Waals surface area contributed by atoms with Crippen LogP contribution in [-0.2, 0) is 13.0 Å². The predicted octanol–water partition coefficient (Wildman–Crippen LogP) is 3.05. The van der Waals surface area contributed by atoms with Crippen molar-refractivity contribution in [1.82, 2.24) is 5.32 Å². The molecule has 1 saturated carbocycles. The Balaban J connectivity index is 1.59. The number of benzene rings is 1. The van der Waals surface area contributed by atoms with Gasteiger partial charge in [0.2, 0.25) is 0 Å². The molecule has 1 aromatic rings. The van der Waals surface area contributed by atoms with E-state index in [-0.39, 0.29) is 0 Å². The summed E-state index contributed by atoms with van der Waals surface area (Å²) in [4.78, 5) is 2.38. The van der Waals surface area contributed by atoms with Crippen LogP contribution in [0.2, 0.25) is 0 Å². The molecule has 3 heteroatoms. The van der Waals surface area contributed by atoms with Gasteiger partial charge >= 0.3 is 0 Å². The average Bonchev–Trinajstić information content (AvgIpc) is 3.20. The minimum absolute atomic E-state index is 0.564. The second kappa shape index (κ2) is 5.37. The molecular formula is C16H24N2S. The van der Waals surface area contributed by atoms with E-state index in [1.54, 1.807) is 0 Å². The highest BCUT2D eigenvalue weighted by molar-refractivity contribution is 8.00. The highest BCUT2D eigenvalue weighted by atomic mass is 32.2. The molecule has 1 aliphatic carbocycles. The van der Waals surface area contributed by atoms with Crippen molar-refractivity contribution < 1.29 is 0 Å². The average molecular weight is 276 g/mol. The lowest BCUT2D eigenvalue weighted by molar-refractivity contribution is 0.661. The highest BCUT2D eigenvalue weighted by Crippen LogP contribution is 2.46. The van der Waals surface area contributed by atoms with Crippen LogP contribution in [-0.4, -0.2) is 31.1 Å². The molecule has 0 radical (unpaired) electrons. The first kappa shape index (κ1) is 13.3. The van der Waals surface area contributed by atoms with Crippen molar-refractivity contribution in [2.45, 2.75) is 37.0 Å². The number of thioether (sulfide) groups is 1. The van der Waals surface area contributed by atoms with Crippen LogP contribution in [0.5, 0.6) is 0 Å². The zero-order valence-corrected chi connectivity index (χ0v) is 12.9. The number of nitrogens with zero attached hydrogens (tertiary/aromatic N) is 1. The van der Waals surface area contributed by atoms with Crippen LogP contribution < -0.4 is 10.2 Å². The predicted molar refractivity (Wildman–Crippen MR) is 85.2 cm³/mol. The lowest BCUT2D eigenvalue weighted by atomic mass is 9.99. The second-order valence-electron chi connectivity index (χ2n) is 5.98. The number of rotatable bonds is 5. The summed E-state index contributed by atoms with van der Waals surface area (Å²) in [6.07, 6.45) is 7.54. The monoisotopic (exact) mass is 276 g/mol. The van der Waals surface area contributed by atoms with Crippen molar-refractivity contribution in [2.75, 3.05) is 31.3 Å². The van der Waals surface area contributed by atoms with Gasteiger partial charge in [0, 0.05) is 37.1 Å². The Hall–Kier alpha value is -0.670. The zero-order chi connectivity index (χ0) is 13.3. The van der Waals surface area contributed by atoms with Gasteiger partial charge in [-0.15, -0.1) is 0 Å². The van der Waals surface area contributed by atoms with Crippen molar-refractivity contribution in [2.24, 2.45) is 0 Å².